The van der Waals surface area contributed by atoms with Crippen molar-refractivity contribution in [2.75, 3.05) is 12.4 Å². The summed E-state index contributed by atoms with van der Waals surface area (Å²) >= 11 is 0. The smallest absolute Gasteiger partial charge is 0.340 e. The second-order valence-electron chi connectivity index (χ2n) is 5.94. The minimum Gasteiger partial charge on any atom is -0.508 e. The molecule has 2 aromatic carbocycles. The number of amides is 1. The summed E-state index contributed by atoms with van der Waals surface area (Å²) in [5.74, 6) is -2.56. The van der Waals surface area contributed by atoms with Crippen LogP contribution in [0.5, 0.6) is 17.2 Å². The lowest BCUT2D eigenvalue weighted by Gasteiger charge is -2.10. The van der Waals surface area contributed by atoms with Gasteiger partial charge in [-0.1, -0.05) is 6.07 Å². The molecule has 0 aliphatic heterocycles. The minimum atomic E-state index is -0.725. The number of rotatable bonds is 6. The standard InChI is InChI=1S/C21H19NO8/c1-12(23)29-18-8-4-14(10-19(18)30-13(2)24)5-9-20(26)22-17-7-6-15(25)11-16(17)21(27)28-3/h4-11,25H,1-3H3,(H,22,26)/b9-5+. The van der Waals surface area contributed by atoms with Gasteiger partial charge in [-0.3, -0.25) is 14.4 Å². The van der Waals surface area contributed by atoms with E-state index in [0.29, 0.717) is 5.56 Å². The van der Waals surface area contributed by atoms with E-state index in [1.165, 1.54) is 63.4 Å². The largest absolute Gasteiger partial charge is 0.508 e. The molecule has 156 valence electrons. The lowest BCUT2D eigenvalue weighted by atomic mass is 10.1. The van der Waals surface area contributed by atoms with Crippen LogP contribution in [0, 0.1) is 0 Å². The van der Waals surface area contributed by atoms with Crippen molar-refractivity contribution >= 4 is 35.6 Å². The quantitative estimate of drug-likeness (QED) is 0.320. The monoisotopic (exact) mass is 413 g/mol. The Balaban J connectivity index is 2.21. The third-order valence-corrected chi connectivity index (χ3v) is 3.57. The molecule has 0 aliphatic rings. The number of ether oxygens (including phenoxy) is 3. The van der Waals surface area contributed by atoms with Gasteiger partial charge >= 0.3 is 17.9 Å². The molecule has 0 aromatic heterocycles. The summed E-state index contributed by atoms with van der Waals surface area (Å²) in [6, 6.07) is 8.24. The molecule has 0 radical (unpaired) electrons. The molecule has 2 rings (SSSR count). The van der Waals surface area contributed by atoms with Gasteiger partial charge in [0.25, 0.3) is 0 Å². The zero-order valence-electron chi connectivity index (χ0n) is 16.4. The van der Waals surface area contributed by atoms with Crippen LogP contribution in [0.3, 0.4) is 0 Å². The summed E-state index contributed by atoms with van der Waals surface area (Å²) in [6.45, 7) is 2.41. The Hall–Kier alpha value is -4.14. The Bertz CT molecular complexity index is 1030. The van der Waals surface area contributed by atoms with Gasteiger partial charge in [-0.2, -0.15) is 0 Å². The Labute approximate surface area is 171 Å². The average molecular weight is 413 g/mol. The number of phenols is 1. The summed E-state index contributed by atoms with van der Waals surface area (Å²) in [7, 11) is 1.18. The summed E-state index contributed by atoms with van der Waals surface area (Å²) in [5.41, 5.74) is 0.624. The van der Waals surface area contributed by atoms with E-state index in [0.717, 1.165) is 0 Å². The van der Waals surface area contributed by atoms with E-state index in [9.17, 15) is 24.3 Å². The van der Waals surface area contributed by atoms with Crippen LogP contribution in [0.1, 0.15) is 29.8 Å². The minimum absolute atomic E-state index is 0.0119. The molecule has 2 aromatic rings. The van der Waals surface area contributed by atoms with Gasteiger partial charge in [-0.15, -0.1) is 0 Å². The SMILES string of the molecule is COC(=O)c1cc(O)ccc1NC(=O)/C=C/c1ccc(OC(C)=O)c(OC(C)=O)c1. The number of hydrogen-bond acceptors (Lipinski definition) is 8. The Kier molecular flexibility index (Phi) is 7.29. The van der Waals surface area contributed by atoms with Crippen LogP contribution in [-0.2, 0) is 19.1 Å². The van der Waals surface area contributed by atoms with E-state index >= 15 is 0 Å². The van der Waals surface area contributed by atoms with Gasteiger partial charge in [0.15, 0.2) is 11.5 Å². The van der Waals surface area contributed by atoms with Gasteiger partial charge in [0, 0.05) is 19.9 Å². The maximum atomic E-state index is 12.2. The van der Waals surface area contributed by atoms with Crippen LogP contribution in [0.25, 0.3) is 6.08 Å². The first kappa shape index (κ1) is 22.2. The molecule has 0 unspecified atom stereocenters. The molecule has 9 heteroatoms. The molecule has 0 aliphatic carbocycles. The van der Waals surface area contributed by atoms with Crippen LogP contribution in [0.2, 0.25) is 0 Å². The summed E-state index contributed by atoms with van der Waals surface area (Å²) in [4.78, 5) is 46.5. The topological polar surface area (TPSA) is 128 Å². The van der Waals surface area contributed by atoms with Crippen molar-refractivity contribution in [1.29, 1.82) is 0 Å². The van der Waals surface area contributed by atoms with Gasteiger partial charge in [0.2, 0.25) is 5.91 Å². The number of hydrogen-bond donors (Lipinski definition) is 2. The number of methoxy groups -OCH3 is 1. The number of esters is 3. The maximum Gasteiger partial charge on any atom is 0.340 e. The highest BCUT2D eigenvalue weighted by molar-refractivity contribution is 6.06. The van der Waals surface area contributed by atoms with Crippen molar-refractivity contribution in [2.24, 2.45) is 0 Å². The molecular weight excluding hydrogens is 394 g/mol. The second-order valence-corrected chi connectivity index (χ2v) is 5.94. The fourth-order valence-corrected chi connectivity index (χ4v) is 2.37. The summed E-state index contributed by atoms with van der Waals surface area (Å²) in [6.07, 6.45) is 2.62. The van der Waals surface area contributed by atoms with Crippen molar-refractivity contribution in [3.63, 3.8) is 0 Å². The molecular formula is C21H19NO8. The third-order valence-electron chi connectivity index (χ3n) is 3.57. The highest BCUT2D eigenvalue weighted by atomic mass is 16.6. The fraction of sp³-hybridized carbons (Fsp3) is 0.143. The van der Waals surface area contributed by atoms with Crippen molar-refractivity contribution in [3.05, 3.63) is 53.6 Å². The summed E-state index contributed by atoms with van der Waals surface area (Å²) in [5, 5.41) is 12.0. The van der Waals surface area contributed by atoms with Crippen molar-refractivity contribution in [1.82, 2.24) is 0 Å². The molecule has 0 bridgehead atoms. The Morgan fingerprint density at radius 3 is 2.23 bits per heavy atom. The first-order valence-electron chi connectivity index (χ1n) is 8.61. The normalized spacial score (nSPS) is 10.4. The Morgan fingerprint density at radius 1 is 0.933 bits per heavy atom. The van der Waals surface area contributed by atoms with Gasteiger partial charge in [0.05, 0.1) is 18.4 Å². The number of benzene rings is 2. The lowest BCUT2D eigenvalue weighted by Crippen LogP contribution is -2.13. The third kappa shape index (κ3) is 6.20. The van der Waals surface area contributed by atoms with E-state index in [-0.39, 0.29) is 28.5 Å². The predicted molar refractivity (Wildman–Crippen MR) is 106 cm³/mol. The number of nitrogens with one attached hydrogen (secondary N) is 1. The van der Waals surface area contributed by atoms with Crippen LogP contribution in [0.15, 0.2) is 42.5 Å². The van der Waals surface area contributed by atoms with Crippen molar-refractivity contribution in [3.8, 4) is 17.2 Å². The van der Waals surface area contributed by atoms with E-state index in [1.807, 2.05) is 0 Å². The number of carbonyl (C=O) groups excluding carboxylic acids is 4. The number of phenolic OH excluding ortho intramolecular Hbond substituents is 1. The number of carbonyl (C=O) groups is 4. The van der Waals surface area contributed by atoms with E-state index < -0.39 is 23.8 Å². The first-order chi connectivity index (χ1) is 14.2. The Morgan fingerprint density at radius 2 is 1.60 bits per heavy atom. The maximum absolute atomic E-state index is 12.2. The molecule has 1 amide bonds. The van der Waals surface area contributed by atoms with Crippen LogP contribution >= 0.6 is 0 Å². The van der Waals surface area contributed by atoms with Crippen molar-refractivity contribution < 1.29 is 38.5 Å². The van der Waals surface area contributed by atoms with Crippen LogP contribution in [-0.4, -0.2) is 36.0 Å². The predicted octanol–water partition coefficient (Wildman–Crippen LogP) is 2.68. The van der Waals surface area contributed by atoms with Crippen LogP contribution in [0.4, 0.5) is 5.69 Å². The highest BCUT2D eigenvalue weighted by Gasteiger charge is 2.14. The molecule has 30 heavy (non-hydrogen) atoms. The number of anilines is 1. The fourth-order valence-electron chi connectivity index (χ4n) is 2.37. The van der Waals surface area contributed by atoms with Gasteiger partial charge < -0.3 is 24.6 Å². The van der Waals surface area contributed by atoms with E-state index in [4.69, 9.17) is 9.47 Å². The first-order valence-corrected chi connectivity index (χ1v) is 8.61. The molecule has 2 N–H and O–H groups in total. The highest BCUT2D eigenvalue weighted by Crippen LogP contribution is 2.29. The zero-order valence-corrected chi connectivity index (χ0v) is 16.4. The van der Waals surface area contributed by atoms with E-state index in [2.05, 4.69) is 10.1 Å². The van der Waals surface area contributed by atoms with Gasteiger partial charge in [-0.25, -0.2) is 4.79 Å². The molecule has 0 fully saturated rings. The molecule has 0 heterocycles. The summed E-state index contributed by atoms with van der Waals surface area (Å²) < 4.78 is 14.6. The molecule has 0 spiro atoms. The lowest BCUT2D eigenvalue weighted by molar-refractivity contribution is -0.134. The molecule has 0 atom stereocenters. The molecule has 9 nitrogen and oxygen atoms in total. The van der Waals surface area contributed by atoms with E-state index in [1.54, 1.807) is 6.07 Å². The zero-order chi connectivity index (χ0) is 22.3. The number of aromatic hydroxyl groups is 1. The molecule has 0 saturated heterocycles. The van der Waals surface area contributed by atoms with Gasteiger partial charge in [-0.05, 0) is 42.0 Å². The van der Waals surface area contributed by atoms with Gasteiger partial charge in [0.1, 0.15) is 5.75 Å². The average Bonchev–Trinajstić information content (AvgIpc) is 2.68. The molecule has 0 saturated carbocycles. The van der Waals surface area contributed by atoms with Crippen molar-refractivity contribution in [2.45, 2.75) is 13.8 Å². The second kappa shape index (κ2) is 9.87. The van der Waals surface area contributed by atoms with Crippen LogP contribution < -0.4 is 14.8 Å².